The second-order valence-corrected chi connectivity index (χ2v) is 9.88. The topological polar surface area (TPSA) is 70.7 Å². The van der Waals surface area contributed by atoms with Gasteiger partial charge in [-0.05, 0) is 61.4 Å². The van der Waals surface area contributed by atoms with Gasteiger partial charge in [-0.1, -0.05) is 12.1 Å². The number of anilines is 2. The van der Waals surface area contributed by atoms with Crippen molar-refractivity contribution in [2.24, 2.45) is 0 Å². The highest BCUT2D eigenvalue weighted by Crippen LogP contribution is 2.40. The number of rotatable bonds is 8. The van der Waals surface area contributed by atoms with E-state index in [-0.39, 0.29) is 4.90 Å². The molecule has 1 heterocycles. The van der Waals surface area contributed by atoms with Crippen LogP contribution in [0.2, 0.25) is 0 Å². The summed E-state index contributed by atoms with van der Waals surface area (Å²) in [6, 6.07) is 13.5. The van der Waals surface area contributed by atoms with Gasteiger partial charge in [0.15, 0.2) is 0 Å². The SMILES string of the molecule is O=S(=O)(Nc1ccc2c(c1)OCCN2CCNC1CC1)c1ccc(C2CC2)cc1. The summed E-state index contributed by atoms with van der Waals surface area (Å²) in [5.74, 6) is 1.34. The molecule has 0 unspecified atom stereocenters. The Labute approximate surface area is 172 Å². The molecule has 0 spiro atoms. The number of sulfonamides is 1. The fourth-order valence-corrected chi connectivity index (χ4v) is 4.86. The first kappa shape index (κ1) is 18.8. The minimum atomic E-state index is -3.62. The zero-order chi connectivity index (χ0) is 19.8. The van der Waals surface area contributed by atoms with E-state index in [9.17, 15) is 8.42 Å². The second kappa shape index (κ2) is 7.54. The molecule has 0 bridgehead atoms. The molecule has 2 N–H and O–H groups in total. The van der Waals surface area contributed by atoms with Crippen LogP contribution in [0, 0.1) is 0 Å². The summed E-state index contributed by atoms with van der Waals surface area (Å²) in [6.45, 7) is 3.33. The van der Waals surface area contributed by atoms with Gasteiger partial charge in [0.25, 0.3) is 10.0 Å². The van der Waals surface area contributed by atoms with E-state index < -0.39 is 10.0 Å². The maximum absolute atomic E-state index is 12.8. The predicted molar refractivity (Wildman–Crippen MR) is 114 cm³/mol. The molecular weight excluding hydrogens is 386 g/mol. The molecule has 154 valence electrons. The Morgan fingerprint density at radius 3 is 2.55 bits per heavy atom. The van der Waals surface area contributed by atoms with Crippen molar-refractivity contribution >= 4 is 21.4 Å². The fraction of sp³-hybridized carbons (Fsp3) is 0.455. The molecule has 5 rings (SSSR count). The van der Waals surface area contributed by atoms with Crippen LogP contribution in [0.3, 0.4) is 0 Å². The van der Waals surface area contributed by atoms with Gasteiger partial charge in [-0.25, -0.2) is 8.42 Å². The lowest BCUT2D eigenvalue weighted by molar-refractivity contribution is 0.307. The standard InChI is InChI=1S/C22H27N3O3S/c26-29(27,20-8-3-17(4-9-20)16-1-2-16)24-19-7-10-21-22(15-19)28-14-13-25(21)12-11-23-18-5-6-18/h3-4,7-10,15-16,18,23-24H,1-2,5-6,11-14H2. The van der Waals surface area contributed by atoms with Crippen LogP contribution in [0.25, 0.3) is 0 Å². The quantitative estimate of drug-likeness (QED) is 0.695. The summed E-state index contributed by atoms with van der Waals surface area (Å²) in [4.78, 5) is 2.58. The third-order valence-electron chi connectivity index (χ3n) is 5.80. The van der Waals surface area contributed by atoms with Gasteiger partial charge in [0.05, 0.1) is 22.8 Å². The van der Waals surface area contributed by atoms with Gasteiger partial charge in [0.1, 0.15) is 12.4 Å². The summed E-state index contributed by atoms with van der Waals surface area (Å²) in [5, 5.41) is 3.54. The number of hydrogen-bond acceptors (Lipinski definition) is 5. The molecule has 7 heteroatoms. The number of hydrogen-bond donors (Lipinski definition) is 2. The van der Waals surface area contributed by atoms with Crippen LogP contribution >= 0.6 is 0 Å². The van der Waals surface area contributed by atoms with E-state index in [1.807, 2.05) is 24.3 Å². The summed E-state index contributed by atoms with van der Waals surface area (Å²) in [5.41, 5.74) is 2.76. The van der Waals surface area contributed by atoms with Crippen molar-refractivity contribution < 1.29 is 13.2 Å². The minimum absolute atomic E-state index is 0.285. The molecule has 3 aliphatic rings. The maximum Gasteiger partial charge on any atom is 0.261 e. The van der Waals surface area contributed by atoms with Crippen molar-refractivity contribution in [3.8, 4) is 5.75 Å². The molecule has 29 heavy (non-hydrogen) atoms. The summed E-state index contributed by atoms with van der Waals surface area (Å²) >= 11 is 0. The third kappa shape index (κ3) is 4.36. The molecular formula is C22H27N3O3S. The Morgan fingerprint density at radius 1 is 1.03 bits per heavy atom. The molecule has 0 atom stereocenters. The molecule has 2 saturated carbocycles. The summed E-state index contributed by atoms with van der Waals surface area (Å²) < 4.78 is 34.0. The van der Waals surface area contributed by atoms with Gasteiger partial charge in [0, 0.05) is 25.2 Å². The van der Waals surface area contributed by atoms with Crippen molar-refractivity contribution in [2.45, 2.75) is 42.5 Å². The molecule has 2 aromatic rings. The monoisotopic (exact) mass is 413 g/mol. The van der Waals surface area contributed by atoms with Crippen molar-refractivity contribution in [3.63, 3.8) is 0 Å². The Kier molecular flexibility index (Phi) is 4.87. The zero-order valence-electron chi connectivity index (χ0n) is 16.4. The molecule has 6 nitrogen and oxygen atoms in total. The van der Waals surface area contributed by atoms with E-state index in [1.54, 1.807) is 18.2 Å². The number of nitrogens with one attached hydrogen (secondary N) is 2. The average Bonchev–Trinajstić information content (AvgIpc) is 3.62. The molecule has 0 aromatic heterocycles. The maximum atomic E-state index is 12.8. The average molecular weight is 414 g/mol. The molecule has 0 radical (unpaired) electrons. The molecule has 0 saturated heterocycles. The zero-order valence-corrected chi connectivity index (χ0v) is 17.2. The van der Waals surface area contributed by atoms with Crippen LogP contribution in [0.15, 0.2) is 47.4 Å². The number of nitrogens with zero attached hydrogens (tertiary/aromatic N) is 1. The molecule has 0 amide bonds. The van der Waals surface area contributed by atoms with Crippen LogP contribution in [0.5, 0.6) is 5.75 Å². The highest BCUT2D eigenvalue weighted by molar-refractivity contribution is 7.92. The molecule has 2 fully saturated rings. The van der Waals surface area contributed by atoms with Crippen LogP contribution < -0.4 is 19.7 Å². The predicted octanol–water partition coefficient (Wildman–Crippen LogP) is 3.32. The lowest BCUT2D eigenvalue weighted by Crippen LogP contribution is -2.38. The normalized spacial score (nSPS) is 18.8. The molecule has 2 aliphatic carbocycles. The Hall–Kier alpha value is -2.25. The first-order valence-corrected chi connectivity index (χ1v) is 11.9. The van der Waals surface area contributed by atoms with E-state index in [0.29, 0.717) is 24.3 Å². The highest BCUT2D eigenvalue weighted by Gasteiger charge is 2.25. The van der Waals surface area contributed by atoms with E-state index >= 15 is 0 Å². The smallest absolute Gasteiger partial charge is 0.261 e. The van der Waals surface area contributed by atoms with Crippen LogP contribution in [0.4, 0.5) is 11.4 Å². The van der Waals surface area contributed by atoms with E-state index in [4.69, 9.17) is 4.74 Å². The highest BCUT2D eigenvalue weighted by atomic mass is 32.2. The first-order valence-electron chi connectivity index (χ1n) is 10.5. The van der Waals surface area contributed by atoms with Gasteiger partial charge in [-0.2, -0.15) is 0 Å². The largest absolute Gasteiger partial charge is 0.489 e. The second-order valence-electron chi connectivity index (χ2n) is 8.20. The lowest BCUT2D eigenvalue weighted by Gasteiger charge is -2.31. The third-order valence-corrected chi connectivity index (χ3v) is 7.20. The van der Waals surface area contributed by atoms with E-state index in [2.05, 4.69) is 14.9 Å². The summed E-state index contributed by atoms with van der Waals surface area (Å²) in [7, 11) is -3.62. The van der Waals surface area contributed by atoms with Crippen LogP contribution in [-0.4, -0.2) is 40.7 Å². The van der Waals surface area contributed by atoms with Gasteiger partial charge < -0.3 is 15.0 Å². The number of fused-ring (bicyclic) bond motifs is 1. The van der Waals surface area contributed by atoms with Crippen molar-refractivity contribution in [1.29, 1.82) is 0 Å². The van der Waals surface area contributed by atoms with Crippen LogP contribution in [0.1, 0.15) is 37.2 Å². The van der Waals surface area contributed by atoms with E-state index in [0.717, 1.165) is 31.1 Å². The van der Waals surface area contributed by atoms with Gasteiger partial charge in [-0.3, -0.25) is 4.72 Å². The van der Waals surface area contributed by atoms with E-state index in [1.165, 1.54) is 31.2 Å². The number of ether oxygens (including phenoxy) is 1. The molecule has 1 aliphatic heterocycles. The Balaban J connectivity index is 1.28. The van der Waals surface area contributed by atoms with Crippen molar-refractivity contribution in [1.82, 2.24) is 5.32 Å². The first-order chi connectivity index (χ1) is 14.1. The molecule has 2 aromatic carbocycles. The van der Waals surface area contributed by atoms with Gasteiger partial charge in [-0.15, -0.1) is 0 Å². The van der Waals surface area contributed by atoms with Crippen molar-refractivity contribution in [3.05, 3.63) is 48.0 Å². The minimum Gasteiger partial charge on any atom is -0.489 e. The van der Waals surface area contributed by atoms with Gasteiger partial charge >= 0.3 is 0 Å². The fourth-order valence-electron chi connectivity index (χ4n) is 3.81. The van der Waals surface area contributed by atoms with Crippen molar-refractivity contribution in [2.75, 3.05) is 35.9 Å². The Bertz CT molecular complexity index is 983. The lowest BCUT2D eigenvalue weighted by atomic mass is 10.1. The summed E-state index contributed by atoms with van der Waals surface area (Å²) in [6.07, 6.45) is 4.97. The Morgan fingerprint density at radius 2 is 1.83 bits per heavy atom. The van der Waals surface area contributed by atoms with Crippen LogP contribution in [-0.2, 0) is 10.0 Å². The van der Waals surface area contributed by atoms with Gasteiger partial charge in [0.2, 0.25) is 0 Å². The number of benzene rings is 2.